The molecule has 3 aromatic heterocycles. The van der Waals surface area contributed by atoms with E-state index in [0.29, 0.717) is 6.04 Å². The highest BCUT2D eigenvalue weighted by atomic mass is 32.2. The Balaban J connectivity index is 1.55. The fourth-order valence-corrected chi connectivity index (χ4v) is 5.54. The summed E-state index contributed by atoms with van der Waals surface area (Å²) in [6, 6.07) is 15.4. The van der Waals surface area contributed by atoms with Crippen LogP contribution in [0.15, 0.2) is 72.2 Å². The predicted molar refractivity (Wildman–Crippen MR) is 113 cm³/mol. The van der Waals surface area contributed by atoms with E-state index in [2.05, 4.69) is 62.9 Å². The molecular weight excluding hydrogens is 366 g/mol. The van der Waals surface area contributed by atoms with Crippen LogP contribution in [0, 0.1) is 0 Å². The van der Waals surface area contributed by atoms with Gasteiger partial charge in [-0.1, -0.05) is 30.8 Å². The fraction of sp³-hybridized carbons (Fsp3) is 0.318. The monoisotopic (exact) mass is 389 g/mol. The zero-order valence-corrected chi connectivity index (χ0v) is 16.7. The van der Waals surface area contributed by atoms with Crippen molar-refractivity contribution in [3.63, 3.8) is 0 Å². The van der Waals surface area contributed by atoms with Gasteiger partial charge in [0.05, 0.1) is 11.7 Å². The van der Waals surface area contributed by atoms with Crippen LogP contribution in [-0.4, -0.2) is 36.4 Å². The van der Waals surface area contributed by atoms with Crippen LogP contribution in [-0.2, 0) is 6.54 Å². The average Bonchev–Trinajstić information content (AvgIpc) is 3.44. The Kier molecular flexibility index (Phi) is 4.64. The van der Waals surface area contributed by atoms with Crippen LogP contribution in [0.1, 0.15) is 42.4 Å². The molecule has 5 nitrogen and oxygen atoms in total. The Morgan fingerprint density at radius 3 is 2.86 bits per heavy atom. The first-order valence-corrected chi connectivity index (χ1v) is 10.8. The van der Waals surface area contributed by atoms with Crippen LogP contribution in [0.2, 0.25) is 0 Å². The number of hydrogen-bond acceptors (Lipinski definition) is 5. The summed E-state index contributed by atoms with van der Waals surface area (Å²) in [5.41, 5.74) is 3.54. The molecule has 6 heteroatoms. The molecule has 28 heavy (non-hydrogen) atoms. The third-order valence-corrected chi connectivity index (χ3v) is 6.70. The Hall–Kier alpha value is -2.60. The minimum atomic E-state index is 0.0283. The lowest BCUT2D eigenvalue weighted by atomic mass is 9.99. The number of aliphatic imine (C=N–C) groups is 1. The summed E-state index contributed by atoms with van der Waals surface area (Å²) in [6.07, 6.45) is 8.93. The molecule has 0 N–H and O–H groups in total. The van der Waals surface area contributed by atoms with E-state index in [9.17, 15) is 0 Å². The highest BCUT2D eigenvalue weighted by Crippen LogP contribution is 2.48. The molecule has 0 spiro atoms. The second-order valence-electron chi connectivity index (χ2n) is 7.26. The second kappa shape index (κ2) is 7.43. The third kappa shape index (κ3) is 3.02. The van der Waals surface area contributed by atoms with Gasteiger partial charge in [-0.3, -0.25) is 15.0 Å². The van der Waals surface area contributed by atoms with E-state index in [1.165, 1.54) is 16.4 Å². The maximum absolute atomic E-state index is 5.12. The number of thioether (sulfide) groups is 1. The van der Waals surface area contributed by atoms with Crippen molar-refractivity contribution in [1.29, 1.82) is 0 Å². The van der Waals surface area contributed by atoms with Crippen LogP contribution in [0.25, 0.3) is 0 Å². The number of nitrogens with zero attached hydrogens (tertiary/aromatic N) is 5. The number of pyridine rings is 2. The van der Waals surface area contributed by atoms with E-state index in [1.807, 2.05) is 42.5 Å². The quantitative estimate of drug-likeness (QED) is 0.652. The lowest BCUT2D eigenvalue weighted by Crippen LogP contribution is -2.36. The summed E-state index contributed by atoms with van der Waals surface area (Å²) in [4.78, 5) is 16.6. The van der Waals surface area contributed by atoms with E-state index < -0.39 is 0 Å². The third-order valence-electron chi connectivity index (χ3n) is 5.57. The minimum Gasteiger partial charge on any atom is -0.345 e. The number of aromatic nitrogens is 3. The summed E-state index contributed by atoms with van der Waals surface area (Å²) in [6.45, 7) is 3.09. The Morgan fingerprint density at radius 2 is 2.07 bits per heavy atom. The molecule has 3 atom stereocenters. The summed E-state index contributed by atoms with van der Waals surface area (Å²) in [7, 11) is 0. The van der Waals surface area contributed by atoms with E-state index in [0.717, 1.165) is 24.4 Å². The van der Waals surface area contributed by atoms with Crippen molar-refractivity contribution >= 4 is 16.9 Å². The molecule has 3 aromatic rings. The van der Waals surface area contributed by atoms with Crippen molar-refractivity contribution in [3.05, 3.63) is 84.2 Å². The maximum Gasteiger partial charge on any atom is 0.160 e. The van der Waals surface area contributed by atoms with E-state index in [1.54, 1.807) is 0 Å². The van der Waals surface area contributed by atoms with E-state index in [-0.39, 0.29) is 12.1 Å². The molecule has 1 fully saturated rings. The second-order valence-corrected chi connectivity index (χ2v) is 8.25. The van der Waals surface area contributed by atoms with Gasteiger partial charge in [0.1, 0.15) is 6.04 Å². The lowest BCUT2D eigenvalue weighted by molar-refractivity contribution is 0.246. The van der Waals surface area contributed by atoms with Gasteiger partial charge in [0, 0.05) is 48.8 Å². The predicted octanol–water partition coefficient (Wildman–Crippen LogP) is 4.31. The molecule has 1 saturated heterocycles. The fourth-order valence-electron chi connectivity index (χ4n) is 4.20. The molecule has 0 radical (unpaired) electrons. The van der Waals surface area contributed by atoms with Gasteiger partial charge in [-0.05, 0) is 42.3 Å². The van der Waals surface area contributed by atoms with E-state index >= 15 is 0 Å². The van der Waals surface area contributed by atoms with Crippen LogP contribution < -0.4 is 0 Å². The zero-order valence-electron chi connectivity index (χ0n) is 15.8. The Labute approximate surface area is 169 Å². The van der Waals surface area contributed by atoms with Crippen molar-refractivity contribution in [1.82, 2.24) is 19.4 Å². The number of amidine groups is 1. The highest BCUT2D eigenvalue weighted by molar-refractivity contribution is 8.14. The first-order valence-electron chi connectivity index (χ1n) is 9.79. The molecule has 0 bridgehead atoms. The summed E-state index contributed by atoms with van der Waals surface area (Å²) < 4.78 is 2.34. The van der Waals surface area contributed by atoms with Crippen molar-refractivity contribution in [2.75, 3.05) is 5.75 Å². The Morgan fingerprint density at radius 1 is 1.11 bits per heavy atom. The summed E-state index contributed by atoms with van der Waals surface area (Å²) in [5, 5.41) is 1.17. The SMILES string of the molecule is CC[C@H]1CSC2=N[C@@H](c3ccccn3)[C@@H](c3cccn3Cc3cccnc3)N21. The molecular formula is C22H23N5S. The van der Waals surface area contributed by atoms with Crippen LogP contribution >= 0.6 is 11.8 Å². The average molecular weight is 390 g/mol. The standard InChI is InChI=1S/C22H23N5S/c1-2-17-15-28-22-25-20(18-8-3-4-11-24-18)21(27(17)22)19-9-6-12-26(19)14-16-7-5-10-23-13-16/h3-13,17,20-21H,2,14-15H2,1H3/t17-,20-,21+/m0/s1. The lowest BCUT2D eigenvalue weighted by Gasteiger charge is -2.32. The Bertz CT molecular complexity index is 969. The molecule has 0 unspecified atom stereocenters. The molecule has 0 amide bonds. The van der Waals surface area contributed by atoms with Crippen LogP contribution in [0.5, 0.6) is 0 Å². The van der Waals surface area contributed by atoms with Gasteiger partial charge in [-0.25, -0.2) is 0 Å². The number of rotatable bonds is 5. The first kappa shape index (κ1) is 17.5. The van der Waals surface area contributed by atoms with Crippen molar-refractivity contribution in [2.45, 2.75) is 38.0 Å². The van der Waals surface area contributed by atoms with Crippen molar-refractivity contribution in [2.24, 2.45) is 4.99 Å². The normalized spacial score (nSPS) is 23.7. The van der Waals surface area contributed by atoms with Gasteiger partial charge in [0.15, 0.2) is 5.17 Å². The zero-order chi connectivity index (χ0) is 18.9. The van der Waals surface area contributed by atoms with Gasteiger partial charge in [0.2, 0.25) is 0 Å². The van der Waals surface area contributed by atoms with Crippen LogP contribution in [0.3, 0.4) is 0 Å². The van der Waals surface area contributed by atoms with Crippen LogP contribution in [0.4, 0.5) is 0 Å². The van der Waals surface area contributed by atoms with Crippen molar-refractivity contribution < 1.29 is 0 Å². The van der Waals surface area contributed by atoms with E-state index in [4.69, 9.17) is 4.99 Å². The molecule has 0 aromatic carbocycles. The topological polar surface area (TPSA) is 46.3 Å². The van der Waals surface area contributed by atoms with Gasteiger partial charge in [-0.15, -0.1) is 0 Å². The molecule has 142 valence electrons. The number of hydrogen-bond donors (Lipinski definition) is 0. The maximum atomic E-state index is 5.12. The first-order chi connectivity index (χ1) is 13.8. The molecule has 2 aliphatic rings. The number of fused-ring (bicyclic) bond motifs is 1. The molecule has 0 saturated carbocycles. The minimum absolute atomic E-state index is 0.0283. The summed E-state index contributed by atoms with van der Waals surface area (Å²) >= 11 is 1.88. The highest BCUT2D eigenvalue weighted by Gasteiger charge is 2.46. The van der Waals surface area contributed by atoms with Gasteiger partial charge >= 0.3 is 0 Å². The van der Waals surface area contributed by atoms with Gasteiger partial charge < -0.3 is 9.47 Å². The molecule has 2 aliphatic heterocycles. The smallest absolute Gasteiger partial charge is 0.160 e. The molecule has 5 heterocycles. The van der Waals surface area contributed by atoms with Crippen molar-refractivity contribution in [3.8, 4) is 0 Å². The molecule has 0 aliphatic carbocycles. The molecule has 5 rings (SSSR count). The van der Waals surface area contributed by atoms with Gasteiger partial charge in [0.25, 0.3) is 0 Å². The van der Waals surface area contributed by atoms with Gasteiger partial charge in [-0.2, -0.15) is 0 Å². The largest absolute Gasteiger partial charge is 0.345 e. The summed E-state index contributed by atoms with van der Waals surface area (Å²) in [5.74, 6) is 1.12.